The molecule has 3 N–H and O–H groups in total. The lowest BCUT2D eigenvalue weighted by Crippen LogP contribution is -2.28. The summed E-state index contributed by atoms with van der Waals surface area (Å²) in [5, 5.41) is 1.31. The lowest BCUT2D eigenvalue weighted by Gasteiger charge is -2.20. The second-order valence-corrected chi connectivity index (χ2v) is 11.0. The Bertz CT molecular complexity index is 1580. The molecule has 4 rings (SSSR count). The van der Waals surface area contributed by atoms with Crippen LogP contribution in [0.1, 0.15) is 51.9 Å². The summed E-state index contributed by atoms with van der Waals surface area (Å²) in [6, 6.07) is 15.0. The van der Waals surface area contributed by atoms with Gasteiger partial charge in [-0.1, -0.05) is 49.7 Å². The number of hydrogen-bond acceptors (Lipinski definition) is 5. The van der Waals surface area contributed by atoms with Crippen molar-refractivity contribution in [2.75, 3.05) is 7.05 Å². The van der Waals surface area contributed by atoms with Gasteiger partial charge in [-0.25, -0.2) is 8.42 Å². The molecule has 10 heteroatoms. The Balaban J connectivity index is 1.80. The largest absolute Gasteiger partial charge is 0.364 e. The first kappa shape index (κ1) is 25.4. The Hall–Kier alpha value is -3.69. The molecule has 0 fully saturated rings. The molecule has 0 saturated heterocycles. The van der Waals surface area contributed by atoms with Crippen molar-refractivity contribution in [1.82, 2.24) is 14.9 Å². The number of fused-ring (bicyclic) bond motifs is 1. The van der Waals surface area contributed by atoms with Gasteiger partial charge in [-0.05, 0) is 41.8 Å². The number of benzene rings is 2. The number of amides is 2. The van der Waals surface area contributed by atoms with Crippen molar-refractivity contribution in [3.8, 4) is 0 Å². The molecule has 186 valence electrons. The summed E-state index contributed by atoms with van der Waals surface area (Å²) >= 11 is 6.45. The lowest BCUT2D eigenvalue weighted by atomic mass is 10.0. The number of H-pyrrole nitrogens is 1. The molecule has 0 unspecified atom stereocenters. The van der Waals surface area contributed by atoms with Gasteiger partial charge in [-0.3, -0.25) is 14.6 Å². The van der Waals surface area contributed by atoms with Gasteiger partial charge in [-0.2, -0.15) is 0 Å². The highest BCUT2D eigenvalue weighted by atomic mass is 35.5. The summed E-state index contributed by atoms with van der Waals surface area (Å²) in [5.41, 5.74) is 6.86. The van der Waals surface area contributed by atoms with E-state index in [1.54, 1.807) is 51.4 Å². The maximum Gasteiger partial charge on any atom is 0.270 e. The number of pyridine rings is 1. The molecule has 8 nitrogen and oxygen atoms in total. The monoisotopic (exact) mass is 524 g/mol. The number of nitrogens with two attached hydrogens (primary N) is 1. The molecular formula is C26H25ClN4O4S. The topological polar surface area (TPSA) is 126 Å². The van der Waals surface area contributed by atoms with Crippen LogP contribution in [0.3, 0.4) is 0 Å². The zero-order valence-corrected chi connectivity index (χ0v) is 21.5. The molecule has 2 aromatic carbocycles. The van der Waals surface area contributed by atoms with E-state index in [0.717, 1.165) is 10.9 Å². The van der Waals surface area contributed by atoms with E-state index < -0.39 is 27.6 Å². The van der Waals surface area contributed by atoms with E-state index in [0.29, 0.717) is 10.6 Å². The minimum atomic E-state index is -4.15. The molecule has 0 saturated carbocycles. The molecule has 4 aromatic rings. The fraction of sp³-hybridized carbons (Fsp3) is 0.192. The van der Waals surface area contributed by atoms with Gasteiger partial charge >= 0.3 is 0 Å². The summed E-state index contributed by atoms with van der Waals surface area (Å²) in [7, 11) is -2.57. The average Bonchev–Trinajstić information content (AvgIpc) is 3.27. The highest BCUT2D eigenvalue weighted by Crippen LogP contribution is 2.35. The van der Waals surface area contributed by atoms with E-state index in [-0.39, 0.29) is 33.3 Å². The molecule has 0 bridgehead atoms. The van der Waals surface area contributed by atoms with Crippen LogP contribution < -0.4 is 5.73 Å². The fourth-order valence-corrected chi connectivity index (χ4v) is 6.18. The van der Waals surface area contributed by atoms with Gasteiger partial charge < -0.3 is 15.6 Å². The first-order chi connectivity index (χ1) is 17.0. The third kappa shape index (κ3) is 4.59. The molecule has 2 aromatic heterocycles. The SMILES string of the molecule is CC(C)c1c(C(=O)N(C)Cc2cc3cccnc3cc2Cl)[nH]c(C(N)=O)c1S(=O)(=O)c1ccccc1. The summed E-state index contributed by atoms with van der Waals surface area (Å²) in [5.74, 6) is -1.89. The van der Waals surface area contributed by atoms with Crippen LogP contribution in [0.4, 0.5) is 0 Å². The Kier molecular flexibility index (Phi) is 6.88. The Morgan fingerprint density at radius 1 is 1.08 bits per heavy atom. The van der Waals surface area contributed by atoms with Gasteiger partial charge in [0.1, 0.15) is 16.3 Å². The molecular weight excluding hydrogens is 500 g/mol. The van der Waals surface area contributed by atoms with Crippen LogP contribution in [0.5, 0.6) is 0 Å². The van der Waals surface area contributed by atoms with Gasteiger partial charge in [0.25, 0.3) is 11.8 Å². The van der Waals surface area contributed by atoms with E-state index in [4.69, 9.17) is 17.3 Å². The summed E-state index contributed by atoms with van der Waals surface area (Å²) in [6.07, 6.45) is 1.67. The van der Waals surface area contributed by atoms with Crippen molar-refractivity contribution in [2.24, 2.45) is 5.73 Å². The number of aromatic nitrogens is 2. The third-order valence-corrected chi connectivity index (χ3v) is 8.08. The van der Waals surface area contributed by atoms with Crippen LogP contribution in [0.25, 0.3) is 10.9 Å². The summed E-state index contributed by atoms with van der Waals surface area (Å²) in [6.45, 7) is 3.65. The van der Waals surface area contributed by atoms with Crippen molar-refractivity contribution in [3.63, 3.8) is 0 Å². The molecule has 0 atom stereocenters. The molecule has 2 amide bonds. The second kappa shape index (κ2) is 9.75. The average molecular weight is 525 g/mol. The predicted molar refractivity (Wildman–Crippen MR) is 138 cm³/mol. The first-order valence-electron chi connectivity index (χ1n) is 11.2. The van der Waals surface area contributed by atoms with E-state index in [2.05, 4.69) is 9.97 Å². The number of hydrogen-bond donors (Lipinski definition) is 2. The number of aromatic amines is 1. The Morgan fingerprint density at radius 3 is 2.42 bits per heavy atom. The molecule has 0 aliphatic heterocycles. The highest BCUT2D eigenvalue weighted by Gasteiger charge is 2.35. The zero-order valence-electron chi connectivity index (χ0n) is 19.9. The predicted octanol–water partition coefficient (Wildman–Crippen LogP) is 4.54. The molecule has 2 heterocycles. The smallest absolute Gasteiger partial charge is 0.270 e. The van der Waals surface area contributed by atoms with Crippen molar-refractivity contribution in [1.29, 1.82) is 0 Å². The van der Waals surface area contributed by atoms with Crippen molar-refractivity contribution in [3.05, 3.63) is 88.3 Å². The minimum absolute atomic E-state index is 0.00249. The number of carbonyl (C=O) groups excluding carboxylic acids is 2. The van der Waals surface area contributed by atoms with Crippen LogP contribution in [0.2, 0.25) is 5.02 Å². The summed E-state index contributed by atoms with van der Waals surface area (Å²) < 4.78 is 27.1. The van der Waals surface area contributed by atoms with Crippen LogP contribution in [0, 0.1) is 0 Å². The van der Waals surface area contributed by atoms with Crippen LogP contribution >= 0.6 is 11.6 Å². The number of nitrogens with zero attached hydrogens (tertiary/aromatic N) is 2. The van der Waals surface area contributed by atoms with Crippen LogP contribution in [0.15, 0.2) is 70.6 Å². The standard InChI is InChI=1S/C26H25ClN4O4S/c1-15(2)21-22(30-23(25(28)32)24(21)36(34,35)18-9-5-4-6-10-18)26(33)31(3)14-17-12-16-8-7-11-29-20(16)13-19(17)27/h4-13,15,30H,14H2,1-3H3,(H2,28,32). The van der Waals surface area contributed by atoms with E-state index in [1.807, 2.05) is 18.2 Å². The van der Waals surface area contributed by atoms with Gasteiger partial charge in [0, 0.05) is 35.8 Å². The van der Waals surface area contributed by atoms with E-state index in [9.17, 15) is 18.0 Å². The van der Waals surface area contributed by atoms with Gasteiger partial charge in [0.2, 0.25) is 9.84 Å². The van der Waals surface area contributed by atoms with Crippen molar-refractivity contribution < 1.29 is 18.0 Å². The first-order valence-corrected chi connectivity index (χ1v) is 13.0. The van der Waals surface area contributed by atoms with Gasteiger partial charge in [0.15, 0.2) is 0 Å². The second-order valence-electron chi connectivity index (χ2n) is 8.75. The Morgan fingerprint density at radius 2 is 1.78 bits per heavy atom. The highest BCUT2D eigenvalue weighted by molar-refractivity contribution is 7.91. The minimum Gasteiger partial charge on any atom is -0.364 e. The number of primary amides is 1. The molecule has 36 heavy (non-hydrogen) atoms. The lowest BCUT2D eigenvalue weighted by molar-refractivity contribution is 0.0778. The fourth-order valence-electron chi connectivity index (χ4n) is 4.17. The normalized spacial score (nSPS) is 11.7. The van der Waals surface area contributed by atoms with Gasteiger partial charge in [0.05, 0.1) is 10.4 Å². The number of sulfone groups is 1. The number of halogens is 1. The molecule has 0 aliphatic rings. The zero-order chi connectivity index (χ0) is 26.2. The van der Waals surface area contributed by atoms with Crippen LogP contribution in [-0.4, -0.2) is 42.1 Å². The number of carbonyl (C=O) groups is 2. The maximum atomic E-state index is 13.6. The quantitative estimate of drug-likeness (QED) is 0.367. The molecule has 0 spiro atoms. The Labute approximate surface area is 214 Å². The number of nitrogens with one attached hydrogen (secondary N) is 1. The third-order valence-electron chi connectivity index (χ3n) is 5.88. The maximum absolute atomic E-state index is 13.6. The molecule has 0 aliphatic carbocycles. The summed E-state index contributed by atoms with van der Waals surface area (Å²) in [4.78, 5) is 34.1. The van der Waals surface area contributed by atoms with Crippen molar-refractivity contribution >= 4 is 44.2 Å². The molecule has 0 radical (unpaired) electrons. The van der Waals surface area contributed by atoms with Gasteiger partial charge in [-0.15, -0.1) is 0 Å². The van der Waals surface area contributed by atoms with E-state index in [1.165, 1.54) is 17.0 Å². The van der Waals surface area contributed by atoms with Crippen molar-refractivity contribution in [2.45, 2.75) is 36.1 Å². The number of rotatable bonds is 7. The van der Waals surface area contributed by atoms with Crippen LogP contribution in [-0.2, 0) is 16.4 Å². The van der Waals surface area contributed by atoms with E-state index >= 15 is 0 Å².